The second kappa shape index (κ2) is 7.75. The third-order valence-corrected chi connectivity index (χ3v) is 5.23. The van der Waals surface area contributed by atoms with Crippen molar-refractivity contribution < 1.29 is 14.2 Å². The minimum absolute atomic E-state index is 0.00209. The zero-order valence-electron chi connectivity index (χ0n) is 13.7. The summed E-state index contributed by atoms with van der Waals surface area (Å²) in [6, 6.07) is -0.331. The van der Waals surface area contributed by atoms with Gasteiger partial charge in [0.05, 0.1) is 24.6 Å². The van der Waals surface area contributed by atoms with Gasteiger partial charge in [-0.3, -0.25) is 0 Å². The van der Waals surface area contributed by atoms with Gasteiger partial charge in [0.2, 0.25) is 0 Å². The molecule has 1 N–H and O–H groups in total. The number of rotatable bonds is 3. The van der Waals surface area contributed by atoms with Crippen LogP contribution in [0.2, 0.25) is 10.3 Å². The lowest BCUT2D eigenvalue weighted by Crippen LogP contribution is -2.45. The normalized spacial score (nSPS) is 21.6. The third kappa shape index (κ3) is 3.50. The van der Waals surface area contributed by atoms with Crippen LogP contribution in [0.25, 0.3) is 10.9 Å². The first kappa shape index (κ1) is 18.8. The summed E-state index contributed by atoms with van der Waals surface area (Å²) in [7, 11) is 0. The molecule has 3 rings (SSSR count). The van der Waals surface area contributed by atoms with Gasteiger partial charge in [-0.25, -0.2) is 19.3 Å². The molecule has 0 saturated carbocycles. The minimum atomic E-state index is -0.737. The summed E-state index contributed by atoms with van der Waals surface area (Å²) in [5.74, 6) is -0.307. The average molecular weight is 407 g/mol. The van der Waals surface area contributed by atoms with Crippen LogP contribution in [0.3, 0.4) is 0 Å². The SMILES string of the molecule is CSc1nc(N2[C@H](CO)COCC[C@@H]2C)c2c(Cl)nc(Cl)c(F)c2n1. The van der Waals surface area contributed by atoms with E-state index in [1.165, 1.54) is 11.8 Å². The Morgan fingerprint density at radius 1 is 1.32 bits per heavy atom. The van der Waals surface area contributed by atoms with Crippen LogP contribution in [0.15, 0.2) is 5.16 Å². The van der Waals surface area contributed by atoms with E-state index < -0.39 is 5.82 Å². The predicted molar refractivity (Wildman–Crippen MR) is 97.3 cm³/mol. The van der Waals surface area contributed by atoms with E-state index in [2.05, 4.69) is 15.0 Å². The number of ether oxygens (including phenoxy) is 1. The number of nitrogens with zero attached hydrogens (tertiary/aromatic N) is 4. The number of anilines is 1. The van der Waals surface area contributed by atoms with E-state index >= 15 is 0 Å². The molecule has 1 aliphatic rings. The van der Waals surface area contributed by atoms with Gasteiger partial charge in [0, 0.05) is 12.6 Å². The molecule has 10 heteroatoms. The smallest absolute Gasteiger partial charge is 0.189 e. The van der Waals surface area contributed by atoms with Crippen molar-refractivity contribution in [2.75, 3.05) is 31.0 Å². The summed E-state index contributed by atoms with van der Waals surface area (Å²) in [4.78, 5) is 14.5. The van der Waals surface area contributed by atoms with Crippen molar-refractivity contribution in [3.8, 4) is 0 Å². The maximum Gasteiger partial charge on any atom is 0.189 e. The highest BCUT2D eigenvalue weighted by atomic mass is 35.5. The van der Waals surface area contributed by atoms with Crippen LogP contribution >= 0.6 is 35.0 Å². The van der Waals surface area contributed by atoms with E-state index in [-0.39, 0.29) is 39.9 Å². The molecular weight excluding hydrogens is 390 g/mol. The van der Waals surface area contributed by atoms with Gasteiger partial charge < -0.3 is 14.7 Å². The number of hydrogen-bond acceptors (Lipinski definition) is 7. The summed E-state index contributed by atoms with van der Waals surface area (Å²) < 4.78 is 20.1. The van der Waals surface area contributed by atoms with Crippen molar-refractivity contribution in [3.63, 3.8) is 0 Å². The van der Waals surface area contributed by atoms with E-state index in [9.17, 15) is 9.50 Å². The van der Waals surface area contributed by atoms with Crippen molar-refractivity contribution in [1.29, 1.82) is 0 Å². The molecule has 0 aromatic carbocycles. The molecule has 2 aromatic heterocycles. The first-order valence-electron chi connectivity index (χ1n) is 7.71. The van der Waals surface area contributed by atoms with Crippen molar-refractivity contribution in [3.05, 3.63) is 16.1 Å². The lowest BCUT2D eigenvalue weighted by atomic mass is 10.1. The maximum atomic E-state index is 14.6. The van der Waals surface area contributed by atoms with Crippen LogP contribution in [0.4, 0.5) is 10.2 Å². The van der Waals surface area contributed by atoms with Gasteiger partial charge in [0.25, 0.3) is 0 Å². The first-order valence-corrected chi connectivity index (χ1v) is 9.69. The number of pyridine rings is 1. The number of aliphatic hydroxyl groups is 1. The quantitative estimate of drug-likeness (QED) is 0.476. The fraction of sp³-hybridized carbons (Fsp3) is 0.533. The second-order valence-corrected chi connectivity index (χ2v) is 7.21. The highest BCUT2D eigenvalue weighted by Crippen LogP contribution is 2.37. The highest BCUT2D eigenvalue weighted by Gasteiger charge is 2.31. The molecule has 3 heterocycles. The van der Waals surface area contributed by atoms with E-state index in [1.54, 1.807) is 6.26 Å². The lowest BCUT2D eigenvalue weighted by Gasteiger charge is -2.35. The highest BCUT2D eigenvalue weighted by molar-refractivity contribution is 7.98. The maximum absolute atomic E-state index is 14.6. The lowest BCUT2D eigenvalue weighted by molar-refractivity contribution is 0.114. The van der Waals surface area contributed by atoms with E-state index in [0.717, 1.165) is 6.42 Å². The Kier molecular flexibility index (Phi) is 5.85. The van der Waals surface area contributed by atoms with Crippen molar-refractivity contribution in [2.45, 2.75) is 30.6 Å². The Labute approximate surface area is 158 Å². The number of thioether (sulfide) groups is 1. The predicted octanol–water partition coefficient (Wildman–Crippen LogP) is 3.17. The number of fused-ring (bicyclic) bond motifs is 1. The van der Waals surface area contributed by atoms with Gasteiger partial charge >= 0.3 is 0 Å². The van der Waals surface area contributed by atoms with Crippen LogP contribution in [0.5, 0.6) is 0 Å². The molecule has 0 unspecified atom stereocenters. The van der Waals surface area contributed by atoms with Gasteiger partial charge in [-0.1, -0.05) is 35.0 Å². The molecule has 1 saturated heterocycles. The monoisotopic (exact) mass is 406 g/mol. The first-order chi connectivity index (χ1) is 12.0. The van der Waals surface area contributed by atoms with Crippen molar-refractivity contribution >= 4 is 51.7 Å². The summed E-state index contributed by atoms with van der Waals surface area (Å²) >= 11 is 13.4. The molecule has 136 valence electrons. The summed E-state index contributed by atoms with van der Waals surface area (Å²) in [5, 5.41) is 10.2. The molecule has 1 aliphatic heterocycles. The molecule has 1 fully saturated rings. The number of aromatic nitrogens is 3. The van der Waals surface area contributed by atoms with Crippen molar-refractivity contribution in [2.24, 2.45) is 0 Å². The number of aliphatic hydroxyl groups excluding tert-OH is 1. The zero-order valence-corrected chi connectivity index (χ0v) is 16.0. The molecule has 0 spiro atoms. The molecular formula is C15H17Cl2FN4O2S. The Morgan fingerprint density at radius 2 is 2.08 bits per heavy atom. The van der Waals surface area contributed by atoms with Crippen LogP contribution in [0, 0.1) is 5.82 Å². The van der Waals surface area contributed by atoms with Crippen LogP contribution in [-0.4, -0.2) is 58.2 Å². The van der Waals surface area contributed by atoms with E-state index in [4.69, 9.17) is 27.9 Å². The summed E-state index contributed by atoms with van der Waals surface area (Å²) in [6.07, 6.45) is 2.53. The second-order valence-electron chi connectivity index (χ2n) is 5.72. The fourth-order valence-corrected chi connectivity index (χ4v) is 3.76. The van der Waals surface area contributed by atoms with Crippen LogP contribution in [0.1, 0.15) is 13.3 Å². The Morgan fingerprint density at radius 3 is 2.76 bits per heavy atom. The molecule has 0 aliphatic carbocycles. The van der Waals surface area contributed by atoms with Gasteiger partial charge in [-0.15, -0.1) is 0 Å². The summed E-state index contributed by atoms with van der Waals surface area (Å²) in [5.41, 5.74) is 0.0217. The van der Waals surface area contributed by atoms with Crippen molar-refractivity contribution in [1.82, 2.24) is 15.0 Å². The number of halogens is 3. The molecule has 0 amide bonds. The standard InChI is InChI=1S/C15H17Cl2FN4O2S/c1-7-3-4-24-6-8(5-23)22(7)14-9-11(19-15(21-14)25-2)10(18)13(17)20-12(9)16/h7-8,23H,3-6H2,1-2H3/t7-,8+/m0/s1. The Balaban J connectivity index is 2.31. The molecule has 0 bridgehead atoms. The number of hydrogen-bond donors (Lipinski definition) is 1. The van der Waals surface area contributed by atoms with Gasteiger partial charge in [-0.05, 0) is 19.6 Å². The van der Waals surface area contributed by atoms with E-state index in [0.29, 0.717) is 24.2 Å². The van der Waals surface area contributed by atoms with Crippen LogP contribution < -0.4 is 4.90 Å². The Hall–Kier alpha value is -0.930. The fourth-order valence-electron chi connectivity index (χ4n) is 2.92. The van der Waals surface area contributed by atoms with Gasteiger partial charge in [0.1, 0.15) is 16.5 Å². The topological polar surface area (TPSA) is 71.4 Å². The molecule has 2 atom stereocenters. The summed E-state index contributed by atoms with van der Waals surface area (Å²) in [6.45, 7) is 2.77. The molecule has 25 heavy (non-hydrogen) atoms. The zero-order chi connectivity index (χ0) is 18.1. The minimum Gasteiger partial charge on any atom is -0.394 e. The van der Waals surface area contributed by atoms with Crippen LogP contribution in [-0.2, 0) is 4.74 Å². The van der Waals surface area contributed by atoms with Gasteiger partial charge in [0.15, 0.2) is 16.1 Å². The Bertz CT molecular complexity index is 798. The molecule has 0 radical (unpaired) electrons. The largest absolute Gasteiger partial charge is 0.394 e. The third-order valence-electron chi connectivity index (χ3n) is 4.16. The molecule has 2 aromatic rings. The molecule has 6 nitrogen and oxygen atoms in total. The average Bonchev–Trinajstić information content (AvgIpc) is 2.79. The van der Waals surface area contributed by atoms with E-state index in [1.807, 2.05) is 11.8 Å². The van der Waals surface area contributed by atoms with Gasteiger partial charge in [-0.2, -0.15) is 0 Å².